The number of amides is 3. The second-order valence-corrected chi connectivity index (χ2v) is 17.5. The average molecular weight is 878 g/mol. The Bertz CT molecular complexity index is 2720. The van der Waals surface area contributed by atoms with Crippen LogP contribution in [0.25, 0.3) is 16.6 Å². The predicted molar refractivity (Wildman–Crippen MR) is 223 cm³/mol. The molecule has 0 spiro atoms. The minimum atomic E-state index is -4.50. The molecule has 1 fully saturated rings. The van der Waals surface area contributed by atoms with Gasteiger partial charge in [-0.2, -0.15) is 0 Å². The number of nitrogens with zero attached hydrogens (tertiary/aromatic N) is 4. The Morgan fingerprint density at radius 3 is 2.32 bits per heavy atom. The number of aromatic nitrogens is 3. The lowest BCUT2D eigenvalue weighted by Gasteiger charge is -2.32. The summed E-state index contributed by atoms with van der Waals surface area (Å²) in [7, 11) is -1.90. The van der Waals surface area contributed by atoms with E-state index < -0.39 is 85.6 Å². The second kappa shape index (κ2) is 18.1. The van der Waals surface area contributed by atoms with E-state index in [9.17, 15) is 37.2 Å². The Morgan fingerprint density at radius 1 is 1.00 bits per heavy atom. The molecule has 2 aromatic heterocycles. The predicted octanol–water partition coefficient (Wildman–Crippen LogP) is 4.54. The lowest BCUT2D eigenvalue weighted by Crippen LogP contribution is -2.43. The maximum absolute atomic E-state index is 15.4. The van der Waals surface area contributed by atoms with Crippen molar-refractivity contribution in [1.82, 2.24) is 24.3 Å². The molecule has 2 atom stereocenters. The summed E-state index contributed by atoms with van der Waals surface area (Å²) in [5.41, 5.74) is -2.47. The van der Waals surface area contributed by atoms with Crippen LogP contribution in [-0.2, 0) is 36.1 Å². The largest absolute Gasteiger partial charge is 0.467 e. The van der Waals surface area contributed by atoms with Crippen molar-refractivity contribution < 1.29 is 45.9 Å². The highest BCUT2D eigenvalue weighted by Gasteiger charge is 2.31. The minimum Gasteiger partial charge on any atom is -0.467 e. The van der Waals surface area contributed by atoms with Gasteiger partial charge in [-0.05, 0) is 94.8 Å². The standard InChI is InChI=1S/C42H45F2N7O10S/c1-42(2,3)61-41(57)50-18-15-25(16-19-50)36(52)46-26-8-12-28(13-9-26)62(58,59)48-33-22-31(43)30(21-32(33)44)37(53)47-34(39(55)60-5)20-24-6-10-27(11-7-24)51-38(54)29-14-17-45-23-35(29)49(4)40(51)56/h6,8-14,17,21-25,34,48H,7,15-16,18-20H2,1-5H3,(H,46,52)(H,47,53)/t24?,34-/m0/s1. The van der Waals surface area contributed by atoms with Crippen LogP contribution < -0.4 is 26.6 Å². The molecule has 2 aliphatic rings. The van der Waals surface area contributed by atoms with Crippen molar-refractivity contribution in [3.8, 4) is 0 Å². The third kappa shape index (κ3) is 10.1. The van der Waals surface area contributed by atoms with Gasteiger partial charge in [0.1, 0.15) is 23.3 Å². The molecule has 0 radical (unpaired) electrons. The number of pyridine rings is 1. The number of methoxy groups -OCH3 is 1. The summed E-state index contributed by atoms with van der Waals surface area (Å²) in [5, 5.41) is 5.36. The zero-order chi connectivity index (χ0) is 45.1. The number of anilines is 2. The van der Waals surface area contributed by atoms with Crippen molar-refractivity contribution in [1.29, 1.82) is 0 Å². The molecule has 6 rings (SSSR count). The summed E-state index contributed by atoms with van der Waals surface area (Å²) in [5.74, 6) is -5.81. The van der Waals surface area contributed by atoms with E-state index in [1.807, 2.05) is 4.72 Å². The van der Waals surface area contributed by atoms with Crippen LogP contribution in [0.15, 0.2) is 87.6 Å². The molecule has 3 amide bonds. The Kier molecular flexibility index (Phi) is 13.1. The summed E-state index contributed by atoms with van der Waals surface area (Å²) >= 11 is 0. The van der Waals surface area contributed by atoms with Gasteiger partial charge in [0.25, 0.3) is 21.5 Å². The van der Waals surface area contributed by atoms with Crippen molar-refractivity contribution in [2.45, 2.75) is 63.0 Å². The number of piperidine rings is 1. The molecule has 1 aliphatic heterocycles. The highest BCUT2D eigenvalue weighted by Crippen LogP contribution is 2.27. The monoisotopic (exact) mass is 877 g/mol. The number of carbonyl (C=O) groups is 4. The lowest BCUT2D eigenvalue weighted by atomic mass is 9.92. The Balaban J connectivity index is 1.06. The van der Waals surface area contributed by atoms with Crippen LogP contribution in [0, 0.1) is 23.5 Å². The average Bonchev–Trinajstić information content (AvgIpc) is 3.23. The molecular weight excluding hydrogens is 833 g/mol. The molecule has 0 bridgehead atoms. The topological polar surface area (TPSA) is 217 Å². The van der Waals surface area contributed by atoms with E-state index in [1.54, 1.807) is 32.9 Å². The fraction of sp³-hybridized carbons (Fsp3) is 0.357. The number of aryl methyl sites for hydroxylation is 1. The first-order valence-electron chi connectivity index (χ1n) is 19.5. The third-order valence-corrected chi connectivity index (χ3v) is 11.7. The molecular formula is C42H45F2N7O10S. The van der Waals surface area contributed by atoms with Gasteiger partial charge in [-0.1, -0.05) is 12.2 Å². The molecule has 62 heavy (non-hydrogen) atoms. The summed E-state index contributed by atoms with van der Waals surface area (Å²) in [6, 6.07) is 6.11. The number of esters is 1. The number of sulfonamides is 1. The fourth-order valence-corrected chi connectivity index (χ4v) is 8.08. The van der Waals surface area contributed by atoms with Gasteiger partial charge >= 0.3 is 17.8 Å². The minimum absolute atomic E-state index is 0.0609. The van der Waals surface area contributed by atoms with Crippen LogP contribution in [0.3, 0.4) is 0 Å². The van der Waals surface area contributed by atoms with E-state index in [2.05, 4.69) is 15.6 Å². The Morgan fingerprint density at radius 2 is 1.69 bits per heavy atom. The van der Waals surface area contributed by atoms with Gasteiger partial charge in [0, 0.05) is 49.7 Å². The van der Waals surface area contributed by atoms with Crippen molar-refractivity contribution in [2.24, 2.45) is 18.9 Å². The number of fused-ring (bicyclic) bond motifs is 1. The van der Waals surface area contributed by atoms with Crippen LogP contribution in [0.4, 0.5) is 25.0 Å². The number of halogens is 2. The first-order valence-corrected chi connectivity index (χ1v) is 21.0. The summed E-state index contributed by atoms with van der Waals surface area (Å²) < 4.78 is 71.6. The van der Waals surface area contributed by atoms with Gasteiger partial charge < -0.3 is 25.0 Å². The Hall–Kier alpha value is -6.70. The number of carbonyl (C=O) groups excluding carboxylic acids is 4. The molecule has 1 aliphatic carbocycles. The van der Waals surface area contributed by atoms with Crippen LogP contribution in [0.1, 0.15) is 56.8 Å². The molecule has 1 saturated heterocycles. The van der Waals surface area contributed by atoms with Gasteiger partial charge in [0.2, 0.25) is 5.91 Å². The molecule has 2 aromatic carbocycles. The Labute approximate surface area is 354 Å². The van der Waals surface area contributed by atoms with Gasteiger partial charge in [-0.15, -0.1) is 0 Å². The normalized spacial score (nSPS) is 16.3. The second-order valence-electron chi connectivity index (χ2n) is 15.8. The van der Waals surface area contributed by atoms with Gasteiger partial charge in [0.05, 0.1) is 40.4 Å². The number of allylic oxidation sites excluding steroid dienone is 4. The number of ether oxygens (including phenoxy) is 2. The van der Waals surface area contributed by atoms with E-state index in [-0.39, 0.29) is 34.7 Å². The van der Waals surface area contributed by atoms with E-state index in [0.717, 1.165) is 23.8 Å². The van der Waals surface area contributed by atoms with Crippen LogP contribution in [0.5, 0.6) is 0 Å². The van der Waals surface area contributed by atoms with E-state index in [0.29, 0.717) is 49.3 Å². The fourth-order valence-electron chi connectivity index (χ4n) is 7.03. The molecule has 1 unspecified atom stereocenters. The van der Waals surface area contributed by atoms with E-state index in [4.69, 9.17) is 9.47 Å². The first kappa shape index (κ1) is 44.8. The van der Waals surface area contributed by atoms with Crippen molar-refractivity contribution in [3.63, 3.8) is 0 Å². The quantitative estimate of drug-likeness (QED) is 0.178. The van der Waals surface area contributed by atoms with Crippen molar-refractivity contribution in [3.05, 3.63) is 111 Å². The molecule has 20 heteroatoms. The maximum Gasteiger partial charge on any atom is 0.410 e. The SMILES string of the molecule is COC(=O)[C@H](CC1C=CC(n2c(=O)c3ccncc3n(C)c2=O)=CC1)NC(=O)c1cc(F)c(NS(=O)(=O)c2ccc(NC(=O)C3CCN(C(=O)OC(C)(C)C)CC3)cc2)cc1F. The molecule has 3 heterocycles. The number of benzene rings is 2. The van der Waals surface area contributed by atoms with Crippen LogP contribution >= 0.6 is 0 Å². The summed E-state index contributed by atoms with van der Waals surface area (Å²) in [6.45, 7) is 5.95. The van der Waals surface area contributed by atoms with E-state index >= 15 is 8.78 Å². The first-order chi connectivity index (χ1) is 29.3. The van der Waals surface area contributed by atoms with Crippen molar-refractivity contribution >= 4 is 61.9 Å². The van der Waals surface area contributed by atoms with Gasteiger partial charge in [-0.3, -0.25) is 28.7 Å². The molecule has 17 nitrogen and oxygen atoms in total. The molecule has 0 saturated carbocycles. The highest BCUT2D eigenvalue weighted by atomic mass is 32.2. The van der Waals surface area contributed by atoms with Crippen LogP contribution in [-0.4, -0.2) is 83.2 Å². The summed E-state index contributed by atoms with van der Waals surface area (Å²) in [4.78, 5) is 82.7. The molecule has 4 aromatic rings. The van der Waals surface area contributed by atoms with Gasteiger partial charge in [-0.25, -0.2) is 36.1 Å². The third-order valence-electron chi connectivity index (χ3n) is 10.3. The number of nitrogens with one attached hydrogen (secondary N) is 3. The zero-order valence-corrected chi connectivity index (χ0v) is 35.3. The van der Waals surface area contributed by atoms with Crippen molar-refractivity contribution in [2.75, 3.05) is 30.2 Å². The van der Waals surface area contributed by atoms with E-state index in [1.165, 1.54) is 53.2 Å². The van der Waals surface area contributed by atoms with Gasteiger partial charge in [0.15, 0.2) is 0 Å². The molecule has 3 N–H and O–H groups in total. The van der Waals surface area contributed by atoms with Crippen LogP contribution in [0.2, 0.25) is 0 Å². The number of hydrogen-bond acceptors (Lipinski definition) is 11. The lowest BCUT2D eigenvalue weighted by molar-refractivity contribution is -0.143. The molecule has 328 valence electrons. The number of likely N-dealkylation sites (tertiary alicyclic amines) is 1. The maximum atomic E-state index is 15.4. The zero-order valence-electron chi connectivity index (χ0n) is 34.4. The highest BCUT2D eigenvalue weighted by molar-refractivity contribution is 7.92. The number of rotatable bonds is 11. The summed E-state index contributed by atoms with van der Waals surface area (Å²) in [6.07, 6.45) is 8.16. The smallest absolute Gasteiger partial charge is 0.410 e. The number of hydrogen-bond donors (Lipinski definition) is 3.